The Labute approximate surface area is 102 Å². The maximum absolute atomic E-state index is 4.71. The summed E-state index contributed by atoms with van der Waals surface area (Å²) in [6.07, 6.45) is 0. The van der Waals surface area contributed by atoms with Gasteiger partial charge in [0, 0.05) is 29.3 Å². The largest absolute Gasteiger partial charge is 0.319 e. The van der Waals surface area contributed by atoms with Crippen LogP contribution < -0.4 is 5.32 Å². The van der Waals surface area contributed by atoms with Crippen molar-refractivity contribution in [2.75, 3.05) is 25.1 Å². The molecule has 1 aliphatic rings. The van der Waals surface area contributed by atoms with Crippen LogP contribution in [0, 0.1) is 13.8 Å². The number of aromatic nitrogens is 2. The summed E-state index contributed by atoms with van der Waals surface area (Å²) in [4.78, 5) is 0. The predicted molar refractivity (Wildman–Crippen MR) is 70.4 cm³/mol. The summed E-state index contributed by atoms with van der Waals surface area (Å²) >= 11 is 2.01. The fourth-order valence-corrected chi connectivity index (χ4v) is 3.25. The summed E-state index contributed by atoms with van der Waals surface area (Å²) in [6, 6.07) is 0.638. The van der Waals surface area contributed by atoms with Crippen molar-refractivity contribution >= 4 is 11.8 Å². The van der Waals surface area contributed by atoms with E-state index < -0.39 is 0 Å². The number of thioether (sulfide) groups is 1. The Morgan fingerprint density at radius 3 is 2.69 bits per heavy atom. The monoisotopic (exact) mass is 239 g/mol. The summed E-state index contributed by atoms with van der Waals surface area (Å²) < 4.78 is 2.24. The molecule has 1 atom stereocenters. The van der Waals surface area contributed by atoms with Gasteiger partial charge in [0.1, 0.15) is 0 Å². The zero-order chi connectivity index (χ0) is 11.7. The van der Waals surface area contributed by atoms with E-state index in [0.717, 1.165) is 6.54 Å². The Balaban J connectivity index is 2.27. The number of aryl methyl sites for hydroxylation is 1. The molecule has 0 saturated carbocycles. The predicted octanol–water partition coefficient (Wildman–Crippen LogP) is 2.11. The van der Waals surface area contributed by atoms with Gasteiger partial charge < -0.3 is 5.32 Å². The molecular formula is C12H21N3S. The van der Waals surface area contributed by atoms with E-state index in [1.807, 2.05) is 18.8 Å². The normalized spacial score (nSPS) is 18.5. The van der Waals surface area contributed by atoms with Gasteiger partial charge in [-0.05, 0) is 26.8 Å². The molecule has 1 N–H and O–H groups in total. The molecule has 1 unspecified atom stereocenters. The number of likely N-dealkylation sites (N-methyl/N-ethyl adjacent to an activating group) is 1. The lowest BCUT2D eigenvalue weighted by Crippen LogP contribution is -2.25. The van der Waals surface area contributed by atoms with Gasteiger partial charge in [-0.1, -0.05) is 6.92 Å². The molecule has 0 radical (unpaired) electrons. The summed E-state index contributed by atoms with van der Waals surface area (Å²) in [5, 5.41) is 7.96. The van der Waals surface area contributed by atoms with Crippen LogP contribution in [0.5, 0.6) is 0 Å². The molecular weight excluding hydrogens is 218 g/mol. The van der Waals surface area contributed by atoms with Crippen molar-refractivity contribution in [1.82, 2.24) is 15.1 Å². The molecule has 4 heteroatoms. The Bertz CT molecular complexity index is 369. The molecule has 1 fully saturated rings. The fourth-order valence-electron chi connectivity index (χ4n) is 2.52. The lowest BCUT2D eigenvalue weighted by atomic mass is 9.99. The molecule has 3 nitrogen and oxygen atoms in total. The number of nitrogens with one attached hydrogen (secondary N) is 1. The highest BCUT2D eigenvalue weighted by Crippen LogP contribution is 2.32. The average Bonchev–Trinajstić information content (AvgIpc) is 2.40. The van der Waals surface area contributed by atoms with Crippen molar-refractivity contribution < 1.29 is 0 Å². The molecule has 16 heavy (non-hydrogen) atoms. The summed E-state index contributed by atoms with van der Waals surface area (Å²) in [7, 11) is 2.01. The van der Waals surface area contributed by atoms with Crippen molar-refractivity contribution in [3.63, 3.8) is 0 Å². The van der Waals surface area contributed by atoms with E-state index in [1.54, 1.807) is 0 Å². The van der Waals surface area contributed by atoms with Gasteiger partial charge in [0.25, 0.3) is 0 Å². The number of rotatable bonds is 4. The van der Waals surface area contributed by atoms with Crippen LogP contribution in [0.25, 0.3) is 0 Å². The molecule has 0 spiro atoms. The van der Waals surface area contributed by atoms with Crippen molar-refractivity contribution in [3.8, 4) is 0 Å². The van der Waals surface area contributed by atoms with Gasteiger partial charge in [-0.25, -0.2) is 0 Å². The van der Waals surface area contributed by atoms with Crippen LogP contribution in [0.2, 0.25) is 0 Å². The number of hydrogen-bond acceptors (Lipinski definition) is 3. The van der Waals surface area contributed by atoms with Crippen LogP contribution in [0.1, 0.15) is 35.8 Å². The van der Waals surface area contributed by atoms with Crippen molar-refractivity contribution in [1.29, 1.82) is 0 Å². The molecule has 90 valence electrons. The third kappa shape index (κ3) is 2.00. The fraction of sp³-hybridized carbons (Fsp3) is 0.750. The molecule has 0 amide bonds. The molecule has 1 aliphatic heterocycles. The van der Waals surface area contributed by atoms with E-state index in [-0.39, 0.29) is 0 Å². The smallest absolute Gasteiger partial charge is 0.0703 e. The minimum atomic E-state index is 0.548. The lowest BCUT2D eigenvalue weighted by molar-refractivity contribution is 0.509. The van der Waals surface area contributed by atoms with Gasteiger partial charge in [0.05, 0.1) is 11.7 Å². The Hall–Kier alpha value is -0.480. The van der Waals surface area contributed by atoms with Crippen molar-refractivity contribution in [3.05, 3.63) is 17.0 Å². The molecule has 1 aromatic rings. The van der Waals surface area contributed by atoms with E-state index in [4.69, 9.17) is 5.10 Å². The molecule has 1 saturated heterocycles. The zero-order valence-corrected chi connectivity index (χ0v) is 11.4. The zero-order valence-electron chi connectivity index (χ0n) is 10.6. The lowest BCUT2D eigenvalue weighted by Gasteiger charge is -2.26. The molecule has 1 aromatic heterocycles. The number of nitrogens with zero attached hydrogens (tertiary/aromatic N) is 2. The third-order valence-electron chi connectivity index (χ3n) is 3.35. The Kier molecular flexibility index (Phi) is 3.60. The first-order valence-electron chi connectivity index (χ1n) is 5.93. The summed E-state index contributed by atoms with van der Waals surface area (Å²) in [5.74, 6) is 3.00. The molecule has 0 bridgehead atoms. The van der Waals surface area contributed by atoms with Crippen molar-refractivity contribution in [2.45, 2.75) is 32.7 Å². The SMILES string of the molecule is CNCC(C)c1c(C)nn(C2CSC2)c1C. The van der Waals surface area contributed by atoms with Gasteiger partial charge in [0.15, 0.2) is 0 Å². The average molecular weight is 239 g/mol. The third-order valence-corrected chi connectivity index (χ3v) is 4.59. The maximum atomic E-state index is 4.71. The van der Waals surface area contributed by atoms with E-state index in [1.165, 1.54) is 28.5 Å². The van der Waals surface area contributed by atoms with E-state index in [9.17, 15) is 0 Å². The van der Waals surface area contributed by atoms with Crippen LogP contribution in [0.15, 0.2) is 0 Å². The Morgan fingerprint density at radius 2 is 2.19 bits per heavy atom. The second-order valence-corrected chi connectivity index (χ2v) is 5.75. The van der Waals surface area contributed by atoms with Gasteiger partial charge in [-0.3, -0.25) is 4.68 Å². The van der Waals surface area contributed by atoms with Gasteiger partial charge >= 0.3 is 0 Å². The van der Waals surface area contributed by atoms with Crippen LogP contribution in [0.3, 0.4) is 0 Å². The first-order valence-corrected chi connectivity index (χ1v) is 7.08. The van der Waals surface area contributed by atoms with Gasteiger partial charge in [-0.15, -0.1) is 0 Å². The number of hydrogen-bond donors (Lipinski definition) is 1. The first kappa shape index (κ1) is 12.0. The molecule has 0 aromatic carbocycles. The van der Waals surface area contributed by atoms with Gasteiger partial charge in [0.2, 0.25) is 0 Å². The highest BCUT2D eigenvalue weighted by atomic mass is 32.2. The summed E-state index contributed by atoms with van der Waals surface area (Å²) in [5.41, 5.74) is 4.01. The minimum Gasteiger partial charge on any atom is -0.319 e. The van der Waals surface area contributed by atoms with Gasteiger partial charge in [-0.2, -0.15) is 16.9 Å². The van der Waals surface area contributed by atoms with Crippen LogP contribution in [-0.4, -0.2) is 34.9 Å². The molecule has 2 heterocycles. The summed E-state index contributed by atoms with van der Waals surface area (Å²) in [6.45, 7) is 7.64. The highest BCUT2D eigenvalue weighted by molar-refractivity contribution is 8.00. The molecule has 2 rings (SSSR count). The quantitative estimate of drug-likeness (QED) is 0.873. The van der Waals surface area contributed by atoms with E-state index in [0.29, 0.717) is 12.0 Å². The topological polar surface area (TPSA) is 29.9 Å². The maximum Gasteiger partial charge on any atom is 0.0703 e. The van der Waals surface area contributed by atoms with Crippen LogP contribution in [0.4, 0.5) is 0 Å². The second-order valence-electron chi connectivity index (χ2n) is 4.68. The standard InChI is InChI=1S/C12H21N3S/c1-8(5-13-4)12-9(2)14-15(10(12)3)11-6-16-7-11/h8,11,13H,5-7H2,1-4H3. The van der Waals surface area contributed by atoms with Crippen LogP contribution in [-0.2, 0) is 0 Å². The first-order chi connectivity index (χ1) is 7.65. The van der Waals surface area contributed by atoms with E-state index >= 15 is 0 Å². The highest BCUT2D eigenvalue weighted by Gasteiger charge is 2.25. The minimum absolute atomic E-state index is 0.548. The Morgan fingerprint density at radius 1 is 1.50 bits per heavy atom. The van der Waals surface area contributed by atoms with E-state index in [2.05, 4.69) is 30.8 Å². The molecule has 0 aliphatic carbocycles. The second kappa shape index (κ2) is 4.80. The van der Waals surface area contributed by atoms with Crippen molar-refractivity contribution in [2.24, 2.45) is 0 Å². The van der Waals surface area contributed by atoms with Crippen LogP contribution >= 0.6 is 11.8 Å².